The Balaban J connectivity index is 2.10. The molecule has 0 bridgehead atoms. The van der Waals surface area contributed by atoms with Gasteiger partial charge in [-0.3, -0.25) is 0 Å². The Labute approximate surface area is 125 Å². The summed E-state index contributed by atoms with van der Waals surface area (Å²) in [7, 11) is 1.48. The molecule has 0 unspecified atom stereocenters. The van der Waals surface area contributed by atoms with Crippen LogP contribution in [-0.2, 0) is 9.47 Å². The van der Waals surface area contributed by atoms with Crippen LogP contribution in [0.5, 0.6) is 0 Å². The number of anilines is 1. The van der Waals surface area contributed by atoms with Gasteiger partial charge in [0, 0.05) is 13.3 Å². The van der Waals surface area contributed by atoms with Gasteiger partial charge >= 0.3 is 0 Å². The topological polar surface area (TPSA) is 119 Å². The van der Waals surface area contributed by atoms with E-state index in [1.165, 1.54) is 7.11 Å². The fourth-order valence-corrected chi connectivity index (χ4v) is 2.88. The molecule has 9 heteroatoms. The lowest BCUT2D eigenvalue weighted by molar-refractivity contribution is -0.0580. The third kappa shape index (κ3) is 2.23. The lowest BCUT2D eigenvalue weighted by Gasteiger charge is -2.20. The number of nitrogens with one attached hydrogen (secondary N) is 1. The number of ether oxygens (including phenoxy) is 2. The van der Waals surface area contributed by atoms with Gasteiger partial charge in [0.05, 0.1) is 12.0 Å². The van der Waals surface area contributed by atoms with Crippen molar-refractivity contribution in [2.45, 2.75) is 24.5 Å². The molecule has 0 spiro atoms. The number of H-pyrrole nitrogens is 1. The average molecular weight is 312 g/mol. The van der Waals surface area contributed by atoms with E-state index >= 15 is 0 Å². The molecule has 0 saturated carbocycles. The summed E-state index contributed by atoms with van der Waals surface area (Å²) in [6.07, 6.45) is -1.16. The Morgan fingerprint density at radius 1 is 1.62 bits per heavy atom. The largest absolute Gasteiger partial charge is 0.394 e. The summed E-state index contributed by atoms with van der Waals surface area (Å²) >= 11 is 5.21. The molecule has 8 nitrogen and oxygen atoms in total. The number of hydrogen-bond acceptors (Lipinski definition) is 7. The number of aliphatic hydroxyl groups excluding tert-OH is 2. The standard InChI is InChI=1S/C12H16N4O4S/c1-19-8-7(18)6(4-17)20-11(8)16-3-2-5-9(16)14-12(13)15-10(5)21/h2-3,6-8,11,17-18H,4H2,1H3,(H3,13,14,15,21)/t6-,7-,8-,11-/m1/s1. The summed E-state index contributed by atoms with van der Waals surface area (Å²) in [4.78, 5) is 7.00. The highest BCUT2D eigenvalue weighted by Crippen LogP contribution is 2.33. The molecule has 1 aliphatic rings. The van der Waals surface area contributed by atoms with Crippen LogP contribution in [0.15, 0.2) is 12.3 Å². The summed E-state index contributed by atoms with van der Waals surface area (Å²) < 4.78 is 13.1. The van der Waals surface area contributed by atoms with E-state index in [1.807, 2.05) is 0 Å². The highest BCUT2D eigenvalue weighted by molar-refractivity contribution is 7.71. The van der Waals surface area contributed by atoms with E-state index in [4.69, 9.17) is 27.4 Å². The van der Waals surface area contributed by atoms with Gasteiger partial charge in [0.2, 0.25) is 0 Å². The van der Waals surface area contributed by atoms with Crippen LogP contribution in [0.1, 0.15) is 6.23 Å². The van der Waals surface area contributed by atoms with Gasteiger partial charge in [0.25, 0.3) is 0 Å². The lowest BCUT2D eigenvalue weighted by atomic mass is 10.1. The minimum absolute atomic E-state index is 0.193. The SMILES string of the molecule is CO[C@@H]1[C@H](O)[C@@H](CO)O[C@H]1n1ccc2c(=S)[nH]c(N)nc21. The highest BCUT2D eigenvalue weighted by atomic mass is 32.1. The van der Waals surface area contributed by atoms with Crippen LogP contribution in [0.4, 0.5) is 5.95 Å². The quantitative estimate of drug-likeness (QED) is 0.586. The fraction of sp³-hybridized carbons (Fsp3) is 0.500. The van der Waals surface area contributed by atoms with Crippen LogP contribution in [0.3, 0.4) is 0 Å². The second-order valence-corrected chi connectivity index (χ2v) is 5.26. The van der Waals surface area contributed by atoms with Crippen molar-refractivity contribution < 1.29 is 19.7 Å². The molecule has 21 heavy (non-hydrogen) atoms. The molecule has 5 N–H and O–H groups in total. The van der Waals surface area contributed by atoms with Gasteiger partial charge in [-0.15, -0.1) is 0 Å². The maximum atomic E-state index is 10.1. The van der Waals surface area contributed by atoms with Crippen molar-refractivity contribution >= 4 is 29.2 Å². The summed E-state index contributed by atoms with van der Waals surface area (Å²) in [5.74, 6) is 0.193. The average Bonchev–Trinajstić information content (AvgIpc) is 2.99. The molecule has 2 aromatic rings. The van der Waals surface area contributed by atoms with Crippen molar-refractivity contribution in [2.75, 3.05) is 19.5 Å². The smallest absolute Gasteiger partial charge is 0.200 e. The second kappa shape index (κ2) is 5.35. The Kier molecular flexibility index (Phi) is 3.68. The summed E-state index contributed by atoms with van der Waals surface area (Å²) in [6.45, 7) is -0.299. The maximum absolute atomic E-state index is 10.1. The molecule has 3 rings (SSSR count). The first-order valence-corrected chi connectivity index (χ1v) is 6.81. The highest BCUT2D eigenvalue weighted by Gasteiger charge is 2.45. The van der Waals surface area contributed by atoms with Crippen molar-refractivity contribution in [2.24, 2.45) is 0 Å². The van der Waals surface area contributed by atoms with Gasteiger partial charge in [0.15, 0.2) is 12.2 Å². The van der Waals surface area contributed by atoms with E-state index in [-0.39, 0.29) is 12.6 Å². The molecule has 114 valence electrons. The Morgan fingerprint density at radius 3 is 3.05 bits per heavy atom. The molecule has 1 aliphatic heterocycles. The number of hydrogen-bond donors (Lipinski definition) is 4. The van der Waals surface area contributed by atoms with Gasteiger partial charge in [0.1, 0.15) is 28.6 Å². The van der Waals surface area contributed by atoms with E-state index in [0.29, 0.717) is 10.3 Å². The van der Waals surface area contributed by atoms with Crippen molar-refractivity contribution in [3.05, 3.63) is 16.9 Å². The molecule has 0 aliphatic carbocycles. The van der Waals surface area contributed by atoms with Crippen LogP contribution in [0.2, 0.25) is 0 Å². The number of nitrogen functional groups attached to an aromatic ring is 1. The van der Waals surface area contributed by atoms with E-state index in [0.717, 1.165) is 5.39 Å². The number of methoxy groups -OCH3 is 1. The molecular weight excluding hydrogens is 296 g/mol. The van der Waals surface area contributed by atoms with Crippen LogP contribution >= 0.6 is 12.2 Å². The van der Waals surface area contributed by atoms with E-state index in [9.17, 15) is 10.2 Å². The number of nitrogens with zero attached hydrogens (tertiary/aromatic N) is 2. The van der Waals surface area contributed by atoms with Crippen molar-refractivity contribution in [3.63, 3.8) is 0 Å². The second-order valence-electron chi connectivity index (χ2n) is 4.85. The summed E-state index contributed by atoms with van der Waals surface area (Å²) in [5.41, 5.74) is 6.23. The van der Waals surface area contributed by atoms with Gasteiger partial charge in [-0.25, -0.2) is 0 Å². The first-order chi connectivity index (χ1) is 10.1. The Morgan fingerprint density at radius 2 is 2.38 bits per heavy atom. The molecule has 1 fully saturated rings. The predicted molar refractivity (Wildman–Crippen MR) is 77.1 cm³/mol. The Hall–Kier alpha value is -1.52. The van der Waals surface area contributed by atoms with Crippen molar-refractivity contribution in [3.8, 4) is 0 Å². The van der Waals surface area contributed by atoms with Gasteiger partial charge in [-0.05, 0) is 6.07 Å². The monoisotopic (exact) mass is 312 g/mol. The number of fused-ring (bicyclic) bond motifs is 1. The number of nitrogens with two attached hydrogens (primary N) is 1. The molecule has 0 radical (unpaired) electrons. The Bertz CT molecular complexity index is 715. The zero-order valence-electron chi connectivity index (χ0n) is 11.3. The number of aromatic amines is 1. The zero-order chi connectivity index (χ0) is 15.1. The first-order valence-electron chi connectivity index (χ1n) is 6.40. The zero-order valence-corrected chi connectivity index (χ0v) is 12.1. The molecule has 2 aromatic heterocycles. The van der Waals surface area contributed by atoms with Crippen LogP contribution in [0, 0.1) is 4.64 Å². The minimum atomic E-state index is -0.932. The summed E-state index contributed by atoms with van der Waals surface area (Å²) in [6, 6.07) is 1.79. The predicted octanol–water partition coefficient (Wildman–Crippen LogP) is -0.0583. The molecule has 4 atom stereocenters. The molecule has 0 amide bonds. The van der Waals surface area contributed by atoms with Crippen LogP contribution < -0.4 is 5.73 Å². The molecule has 0 aromatic carbocycles. The number of aliphatic hydroxyl groups is 2. The lowest BCUT2D eigenvalue weighted by Crippen LogP contribution is -2.34. The summed E-state index contributed by atoms with van der Waals surface area (Å²) in [5, 5.41) is 20.1. The van der Waals surface area contributed by atoms with E-state index in [1.54, 1.807) is 16.8 Å². The fourth-order valence-electron chi connectivity index (χ4n) is 2.61. The molecule has 3 heterocycles. The normalized spacial score (nSPS) is 29.3. The third-order valence-electron chi connectivity index (χ3n) is 3.64. The van der Waals surface area contributed by atoms with Crippen molar-refractivity contribution in [1.82, 2.24) is 14.5 Å². The number of aromatic nitrogens is 3. The molecule has 1 saturated heterocycles. The van der Waals surface area contributed by atoms with Gasteiger partial charge in [-0.2, -0.15) is 4.98 Å². The van der Waals surface area contributed by atoms with Crippen LogP contribution in [0.25, 0.3) is 11.0 Å². The van der Waals surface area contributed by atoms with Gasteiger partial charge in [-0.1, -0.05) is 12.2 Å². The van der Waals surface area contributed by atoms with Crippen molar-refractivity contribution in [1.29, 1.82) is 0 Å². The van der Waals surface area contributed by atoms with Gasteiger partial charge < -0.3 is 35.0 Å². The van der Waals surface area contributed by atoms with Crippen LogP contribution in [-0.4, -0.2) is 56.8 Å². The molecular formula is C12H16N4O4S. The first kappa shape index (κ1) is 14.4. The number of rotatable bonds is 3. The van der Waals surface area contributed by atoms with E-state index < -0.39 is 24.5 Å². The van der Waals surface area contributed by atoms with E-state index in [2.05, 4.69) is 9.97 Å². The maximum Gasteiger partial charge on any atom is 0.200 e. The third-order valence-corrected chi connectivity index (χ3v) is 3.96. The minimum Gasteiger partial charge on any atom is -0.394 e.